The molecule has 0 saturated heterocycles. The summed E-state index contributed by atoms with van der Waals surface area (Å²) in [5.41, 5.74) is 0.510. The van der Waals surface area contributed by atoms with Gasteiger partial charge in [-0.3, -0.25) is 9.89 Å². The molecule has 0 saturated carbocycles. The number of aryl methyl sites for hydroxylation is 1. The number of nitrogens with zero attached hydrogens (tertiary/aromatic N) is 3. The second-order valence-corrected chi connectivity index (χ2v) is 6.20. The first-order chi connectivity index (χ1) is 11.8. The highest BCUT2D eigenvalue weighted by molar-refractivity contribution is 7.71. The third-order valence-corrected chi connectivity index (χ3v) is 3.57. The molecule has 1 aromatic carbocycles. The number of ether oxygens (including phenoxy) is 2. The van der Waals surface area contributed by atoms with Crippen LogP contribution in [0, 0.1) is 11.7 Å². The number of aromatic nitrogens is 3. The van der Waals surface area contributed by atoms with E-state index in [1.165, 1.54) is 6.21 Å². The van der Waals surface area contributed by atoms with Crippen LogP contribution < -0.4 is 15.0 Å². The Morgan fingerprint density at radius 3 is 2.84 bits per heavy atom. The van der Waals surface area contributed by atoms with E-state index < -0.39 is 5.56 Å². The normalized spacial score (nSPS) is 11.3. The first-order valence-corrected chi connectivity index (χ1v) is 8.47. The van der Waals surface area contributed by atoms with Crippen LogP contribution in [0.5, 0.6) is 11.5 Å². The molecule has 0 aliphatic carbocycles. The highest BCUT2D eigenvalue weighted by Gasteiger charge is 2.13. The van der Waals surface area contributed by atoms with Gasteiger partial charge in [-0.1, -0.05) is 11.6 Å². The van der Waals surface area contributed by atoms with Gasteiger partial charge < -0.3 is 9.47 Å². The van der Waals surface area contributed by atoms with Crippen molar-refractivity contribution in [1.82, 2.24) is 14.9 Å². The molecule has 1 aromatic heterocycles. The van der Waals surface area contributed by atoms with E-state index in [2.05, 4.69) is 15.3 Å². The maximum atomic E-state index is 12.1. The summed E-state index contributed by atoms with van der Waals surface area (Å²) in [6.45, 7) is 7.70. The molecule has 1 N–H and O–H groups in total. The third-order valence-electron chi connectivity index (χ3n) is 3.02. The van der Waals surface area contributed by atoms with Crippen molar-refractivity contribution in [2.24, 2.45) is 5.10 Å². The van der Waals surface area contributed by atoms with Crippen molar-refractivity contribution < 1.29 is 9.47 Å². The number of hydrogen-bond donors (Lipinski definition) is 1. The maximum Gasteiger partial charge on any atom is 0.296 e. The van der Waals surface area contributed by atoms with E-state index >= 15 is 0 Å². The predicted octanol–water partition coefficient (Wildman–Crippen LogP) is 3.33. The molecule has 134 valence electrons. The Kier molecular flexibility index (Phi) is 6.33. The van der Waals surface area contributed by atoms with Crippen LogP contribution in [0.2, 0.25) is 5.02 Å². The Balaban J connectivity index is 2.46. The molecule has 0 aliphatic rings. The molecule has 0 unspecified atom stereocenters. The summed E-state index contributed by atoms with van der Waals surface area (Å²) < 4.78 is 12.5. The van der Waals surface area contributed by atoms with Gasteiger partial charge in [-0.15, -0.1) is 0 Å². The fourth-order valence-corrected chi connectivity index (χ4v) is 2.42. The van der Waals surface area contributed by atoms with Crippen LogP contribution in [0.15, 0.2) is 22.0 Å². The van der Waals surface area contributed by atoms with E-state index in [0.29, 0.717) is 28.7 Å². The molecular formula is C16H19ClN4O3S. The highest BCUT2D eigenvalue weighted by atomic mass is 35.5. The maximum absolute atomic E-state index is 12.1. The summed E-state index contributed by atoms with van der Waals surface area (Å²) in [7, 11) is 0. The SMILES string of the molecule is CCOc1cc(/C=N\n2c(=S)[nH]nc(C)c2=O)cc(Cl)c1OC(C)C. The Labute approximate surface area is 155 Å². The molecule has 0 aliphatic heterocycles. The van der Waals surface area contributed by atoms with Gasteiger partial charge in [0, 0.05) is 0 Å². The summed E-state index contributed by atoms with van der Waals surface area (Å²) in [5, 5.41) is 10.9. The van der Waals surface area contributed by atoms with Gasteiger partial charge in [-0.2, -0.15) is 14.9 Å². The molecule has 0 amide bonds. The van der Waals surface area contributed by atoms with Crippen molar-refractivity contribution in [3.8, 4) is 11.5 Å². The van der Waals surface area contributed by atoms with Crippen LogP contribution in [-0.2, 0) is 0 Å². The van der Waals surface area contributed by atoms with Gasteiger partial charge in [-0.05, 0) is 57.6 Å². The van der Waals surface area contributed by atoms with Crippen molar-refractivity contribution in [3.05, 3.63) is 43.5 Å². The van der Waals surface area contributed by atoms with E-state index in [1.807, 2.05) is 20.8 Å². The monoisotopic (exact) mass is 382 g/mol. The lowest BCUT2D eigenvalue weighted by atomic mass is 10.2. The van der Waals surface area contributed by atoms with Crippen LogP contribution in [0.3, 0.4) is 0 Å². The Morgan fingerprint density at radius 2 is 2.20 bits per heavy atom. The van der Waals surface area contributed by atoms with Gasteiger partial charge in [0.25, 0.3) is 5.56 Å². The zero-order valence-electron chi connectivity index (χ0n) is 14.4. The first-order valence-electron chi connectivity index (χ1n) is 7.69. The van der Waals surface area contributed by atoms with E-state index in [-0.39, 0.29) is 16.6 Å². The van der Waals surface area contributed by atoms with Gasteiger partial charge >= 0.3 is 0 Å². The van der Waals surface area contributed by atoms with Crippen LogP contribution in [0.25, 0.3) is 0 Å². The van der Waals surface area contributed by atoms with E-state index in [9.17, 15) is 4.79 Å². The molecule has 25 heavy (non-hydrogen) atoms. The summed E-state index contributed by atoms with van der Waals surface area (Å²) >= 11 is 11.3. The van der Waals surface area contributed by atoms with Crippen molar-refractivity contribution in [2.75, 3.05) is 6.61 Å². The molecule has 0 bridgehead atoms. The lowest BCUT2D eigenvalue weighted by Crippen LogP contribution is -2.22. The van der Waals surface area contributed by atoms with Gasteiger partial charge in [0.15, 0.2) is 11.5 Å². The molecule has 7 nitrogen and oxygen atoms in total. The second kappa shape index (κ2) is 8.26. The molecule has 9 heteroatoms. The van der Waals surface area contributed by atoms with Gasteiger partial charge in [0.1, 0.15) is 5.69 Å². The molecule has 0 atom stereocenters. The zero-order valence-corrected chi connectivity index (χ0v) is 15.9. The van der Waals surface area contributed by atoms with Crippen molar-refractivity contribution in [2.45, 2.75) is 33.8 Å². The molecule has 2 rings (SSSR count). The van der Waals surface area contributed by atoms with Gasteiger partial charge in [0.2, 0.25) is 4.77 Å². The number of aromatic amines is 1. The number of halogens is 1. The summed E-state index contributed by atoms with van der Waals surface area (Å²) in [6.07, 6.45) is 1.42. The smallest absolute Gasteiger partial charge is 0.296 e. The Bertz CT molecular complexity index is 905. The predicted molar refractivity (Wildman–Crippen MR) is 99.8 cm³/mol. The van der Waals surface area contributed by atoms with Crippen molar-refractivity contribution in [3.63, 3.8) is 0 Å². The lowest BCUT2D eigenvalue weighted by Gasteiger charge is -2.16. The molecular weight excluding hydrogens is 364 g/mol. The minimum absolute atomic E-state index is 0.0482. The van der Waals surface area contributed by atoms with E-state index in [0.717, 1.165) is 4.68 Å². The van der Waals surface area contributed by atoms with Crippen molar-refractivity contribution >= 4 is 30.0 Å². The Morgan fingerprint density at radius 1 is 1.48 bits per heavy atom. The van der Waals surface area contributed by atoms with Crippen LogP contribution in [-0.4, -0.2) is 33.8 Å². The quantitative estimate of drug-likeness (QED) is 0.612. The number of rotatable bonds is 6. The first kappa shape index (κ1) is 19.1. The number of H-pyrrole nitrogens is 1. The minimum atomic E-state index is -0.393. The van der Waals surface area contributed by atoms with Gasteiger partial charge in [0.05, 0.1) is 23.9 Å². The summed E-state index contributed by atoms with van der Waals surface area (Å²) in [4.78, 5) is 12.1. The topological polar surface area (TPSA) is 81.5 Å². The average Bonchev–Trinajstić information content (AvgIpc) is 2.54. The molecule has 0 spiro atoms. The number of benzene rings is 1. The lowest BCUT2D eigenvalue weighted by molar-refractivity contribution is 0.224. The highest BCUT2D eigenvalue weighted by Crippen LogP contribution is 2.37. The second-order valence-electron chi connectivity index (χ2n) is 5.41. The molecule has 2 aromatic rings. The van der Waals surface area contributed by atoms with Gasteiger partial charge in [-0.25, -0.2) is 0 Å². The summed E-state index contributed by atoms with van der Waals surface area (Å²) in [5.74, 6) is 0.985. The summed E-state index contributed by atoms with van der Waals surface area (Å²) in [6, 6.07) is 3.42. The van der Waals surface area contributed by atoms with E-state index in [4.69, 9.17) is 33.3 Å². The molecule has 1 heterocycles. The number of nitrogens with one attached hydrogen (secondary N) is 1. The average molecular weight is 383 g/mol. The fourth-order valence-electron chi connectivity index (χ4n) is 1.98. The fraction of sp³-hybridized carbons (Fsp3) is 0.375. The van der Waals surface area contributed by atoms with Crippen LogP contribution in [0.1, 0.15) is 32.0 Å². The largest absolute Gasteiger partial charge is 0.490 e. The minimum Gasteiger partial charge on any atom is -0.490 e. The van der Waals surface area contributed by atoms with Crippen molar-refractivity contribution in [1.29, 1.82) is 0 Å². The third kappa shape index (κ3) is 4.67. The van der Waals surface area contributed by atoms with Crippen LogP contribution in [0.4, 0.5) is 0 Å². The molecule has 0 radical (unpaired) electrons. The molecule has 0 fully saturated rings. The van der Waals surface area contributed by atoms with Crippen LogP contribution >= 0.6 is 23.8 Å². The number of hydrogen-bond acceptors (Lipinski definition) is 6. The van der Waals surface area contributed by atoms with E-state index in [1.54, 1.807) is 19.1 Å². The zero-order chi connectivity index (χ0) is 18.6. The Hall–Kier alpha value is -2.19. The standard InChI is InChI=1S/C16H19ClN4O3S/c1-5-23-13-7-11(6-12(17)14(13)24-9(2)3)8-18-21-15(22)10(4)19-20-16(21)25/h6-9H,5H2,1-4H3,(H,20,25)/b18-8-.